The first kappa shape index (κ1) is 13.3. The SMILES string of the molecule is COc1ccccc1C(N)C(C)C.Cl. The van der Waals surface area contributed by atoms with Crippen molar-refractivity contribution in [3.05, 3.63) is 29.8 Å². The van der Waals surface area contributed by atoms with E-state index in [1.165, 1.54) is 0 Å². The highest BCUT2D eigenvalue weighted by molar-refractivity contribution is 5.85. The molecule has 0 fully saturated rings. The lowest BCUT2D eigenvalue weighted by Crippen LogP contribution is -2.17. The van der Waals surface area contributed by atoms with Crippen LogP contribution >= 0.6 is 12.4 Å². The molecule has 0 saturated heterocycles. The molecular formula is C11H18ClNO. The zero-order valence-corrected chi connectivity index (χ0v) is 9.67. The van der Waals surface area contributed by atoms with Crippen molar-refractivity contribution < 1.29 is 4.74 Å². The molecule has 0 bridgehead atoms. The van der Waals surface area contributed by atoms with Crippen molar-refractivity contribution in [2.45, 2.75) is 19.9 Å². The minimum absolute atomic E-state index is 0. The van der Waals surface area contributed by atoms with E-state index < -0.39 is 0 Å². The lowest BCUT2D eigenvalue weighted by atomic mass is 9.96. The fraction of sp³-hybridized carbons (Fsp3) is 0.455. The van der Waals surface area contributed by atoms with Crippen LogP contribution in [0.15, 0.2) is 24.3 Å². The van der Waals surface area contributed by atoms with Crippen LogP contribution in [0.25, 0.3) is 0 Å². The maximum atomic E-state index is 6.03. The summed E-state index contributed by atoms with van der Waals surface area (Å²) < 4.78 is 5.24. The second-order valence-electron chi connectivity index (χ2n) is 3.51. The standard InChI is InChI=1S/C11H17NO.ClH/c1-8(2)11(12)9-6-4-5-7-10(9)13-3;/h4-8,11H,12H2,1-3H3;1H. The number of para-hydroxylation sites is 1. The Morgan fingerprint density at radius 1 is 1.21 bits per heavy atom. The van der Waals surface area contributed by atoms with E-state index in [4.69, 9.17) is 10.5 Å². The maximum Gasteiger partial charge on any atom is 0.123 e. The summed E-state index contributed by atoms with van der Waals surface area (Å²) in [6.07, 6.45) is 0. The van der Waals surface area contributed by atoms with E-state index in [0.29, 0.717) is 5.92 Å². The summed E-state index contributed by atoms with van der Waals surface area (Å²) in [4.78, 5) is 0. The number of hydrogen-bond acceptors (Lipinski definition) is 2. The molecule has 1 atom stereocenters. The molecule has 0 radical (unpaired) electrons. The number of methoxy groups -OCH3 is 1. The quantitative estimate of drug-likeness (QED) is 0.842. The van der Waals surface area contributed by atoms with Gasteiger partial charge in [-0.1, -0.05) is 32.0 Å². The van der Waals surface area contributed by atoms with Crippen molar-refractivity contribution in [3.8, 4) is 5.75 Å². The summed E-state index contributed by atoms with van der Waals surface area (Å²) >= 11 is 0. The van der Waals surface area contributed by atoms with Gasteiger partial charge in [0.1, 0.15) is 5.75 Å². The highest BCUT2D eigenvalue weighted by atomic mass is 35.5. The predicted octanol–water partition coefficient (Wildman–Crippen LogP) is 2.77. The molecule has 3 heteroatoms. The first-order valence-electron chi connectivity index (χ1n) is 4.55. The molecule has 1 aromatic carbocycles. The summed E-state index contributed by atoms with van der Waals surface area (Å²) in [5.41, 5.74) is 7.12. The number of nitrogens with two attached hydrogens (primary N) is 1. The normalized spacial score (nSPS) is 12.1. The molecule has 0 amide bonds. The monoisotopic (exact) mass is 215 g/mol. The minimum Gasteiger partial charge on any atom is -0.496 e. The summed E-state index contributed by atoms with van der Waals surface area (Å²) in [5.74, 6) is 1.31. The summed E-state index contributed by atoms with van der Waals surface area (Å²) in [6, 6.07) is 7.95. The van der Waals surface area contributed by atoms with Crippen molar-refractivity contribution in [1.82, 2.24) is 0 Å². The number of benzene rings is 1. The molecule has 1 unspecified atom stereocenters. The van der Waals surface area contributed by atoms with Gasteiger partial charge in [0.2, 0.25) is 0 Å². The molecular weight excluding hydrogens is 198 g/mol. The first-order chi connectivity index (χ1) is 6.16. The van der Waals surface area contributed by atoms with E-state index in [-0.39, 0.29) is 18.4 Å². The van der Waals surface area contributed by atoms with Gasteiger partial charge in [0.15, 0.2) is 0 Å². The number of ether oxygens (including phenoxy) is 1. The third kappa shape index (κ3) is 2.89. The van der Waals surface area contributed by atoms with Gasteiger partial charge in [0.25, 0.3) is 0 Å². The fourth-order valence-corrected chi connectivity index (χ4v) is 1.30. The van der Waals surface area contributed by atoms with Crippen molar-refractivity contribution in [3.63, 3.8) is 0 Å². The van der Waals surface area contributed by atoms with Crippen LogP contribution in [0, 0.1) is 5.92 Å². The Bertz CT molecular complexity index is 276. The summed E-state index contributed by atoms with van der Waals surface area (Å²) in [7, 11) is 1.67. The van der Waals surface area contributed by atoms with Crippen molar-refractivity contribution >= 4 is 12.4 Å². The molecule has 0 spiro atoms. The van der Waals surface area contributed by atoms with Crippen LogP contribution in [0.1, 0.15) is 25.5 Å². The fourth-order valence-electron chi connectivity index (χ4n) is 1.30. The summed E-state index contributed by atoms with van der Waals surface area (Å²) in [5, 5.41) is 0. The average molecular weight is 216 g/mol. The molecule has 2 nitrogen and oxygen atoms in total. The molecule has 0 heterocycles. The number of halogens is 1. The van der Waals surface area contributed by atoms with Crippen LogP contribution in [0.3, 0.4) is 0 Å². The van der Waals surface area contributed by atoms with Gasteiger partial charge in [-0.2, -0.15) is 0 Å². The Labute approximate surface area is 91.9 Å². The second-order valence-corrected chi connectivity index (χ2v) is 3.51. The Hall–Kier alpha value is -0.730. The van der Waals surface area contributed by atoms with E-state index >= 15 is 0 Å². The molecule has 80 valence electrons. The van der Waals surface area contributed by atoms with Gasteiger partial charge in [-0.15, -0.1) is 12.4 Å². The Morgan fingerprint density at radius 2 is 1.79 bits per heavy atom. The van der Waals surface area contributed by atoms with E-state index in [2.05, 4.69) is 13.8 Å². The molecule has 14 heavy (non-hydrogen) atoms. The van der Waals surface area contributed by atoms with Crippen LogP contribution in [-0.2, 0) is 0 Å². The molecule has 1 rings (SSSR count). The van der Waals surface area contributed by atoms with Gasteiger partial charge in [0.05, 0.1) is 7.11 Å². The average Bonchev–Trinajstić information content (AvgIpc) is 2.16. The van der Waals surface area contributed by atoms with Crippen molar-refractivity contribution in [1.29, 1.82) is 0 Å². The van der Waals surface area contributed by atoms with Gasteiger partial charge in [-0.25, -0.2) is 0 Å². The molecule has 0 saturated carbocycles. The third-order valence-electron chi connectivity index (χ3n) is 2.22. The molecule has 0 aliphatic carbocycles. The Balaban J connectivity index is 0.00000169. The van der Waals surface area contributed by atoms with Gasteiger partial charge < -0.3 is 10.5 Å². The van der Waals surface area contributed by atoms with Gasteiger partial charge in [0, 0.05) is 11.6 Å². The number of rotatable bonds is 3. The predicted molar refractivity (Wildman–Crippen MR) is 62.0 cm³/mol. The van der Waals surface area contributed by atoms with Crippen LogP contribution < -0.4 is 10.5 Å². The van der Waals surface area contributed by atoms with Gasteiger partial charge in [-0.05, 0) is 12.0 Å². The highest BCUT2D eigenvalue weighted by Gasteiger charge is 2.13. The van der Waals surface area contributed by atoms with Crippen LogP contribution in [0.4, 0.5) is 0 Å². The zero-order chi connectivity index (χ0) is 9.84. The minimum atomic E-state index is 0. The van der Waals surface area contributed by atoms with E-state index in [1.54, 1.807) is 7.11 Å². The zero-order valence-electron chi connectivity index (χ0n) is 8.86. The number of hydrogen-bond donors (Lipinski definition) is 1. The van der Waals surface area contributed by atoms with Crippen LogP contribution in [-0.4, -0.2) is 7.11 Å². The van der Waals surface area contributed by atoms with E-state index in [9.17, 15) is 0 Å². The molecule has 0 aromatic heterocycles. The lowest BCUT2D eigenvalue weighted by Gasteiger charge is -2.18. The molecule has 0 aliphatic rings. The second kappa shape index (κ2) is 5.89. The van der Waals surface area contributed by atoms with Crippen molar-refractivity contribution in [2.75, 3.05) is 7.11 Å². The first-order valence-corrected chi connectivity index (χ1v) is 4.55. The smallest absolute Gasteiger partial charge is 0.123 e. The largest absolute Gasteiger partial charge is 0.496 e. The topological polar surface area (TPSA) is 35.2 Å². The van der Waals surface area contributed by atoms with Gasteiger partial charge >= 0.3 is 0 Å². The highest BCUT2D eigenvalue weighted by Crippen LogP contribution is 2.27. The van der Waals surface area contributed by atoms with E-state index in [0.717, 1.165) is 11.3 Å². The third-order valence-corrected chi connectivity index (χ3v) is 2.22. The van der Waals surface area contributed by atoms with Crippen molar-refractivity contribution in [2.24, 2.45) is 11.7 Å². The van der Waals surface area contributed by atoms with Crippen LogP contribution in [0.5, 0.6) is 5.75 Å². The van der Waals surface area contributed by atoms with Crippen LogP contribution in [0.2, 0.25) is 0 Å². The van der Waals surface area contributed by atoms with Gasteiger partial charge in [-0.3, -0.25) is 0 Å². The van der Waals surface area contributed by atoms with E-state index in [1.807, 2.05) is 24.3 Å². The maximum absolute atomic E-state index is 6.03. The molecule has 0 aliphatic heterocycles. The molecule has 2 N–H and O–H groups in total. The lowest BCUT2D eigenvalue weighted by molar-refractivity contribution is 0.396. The Morgan fingerprint density at radius 3 is 2.29 bits per heavy atom. The molecule has 1 aromatic rings. The Kier molecular flexibility index (Phi) is 5.58. The summed E-state index contributed by atoms with van der Waals surface area (Å²) in [6.45, 7) is 4.22.